The molecule has 0 amide bonds. The Hall–Kier alpha value is -1.81. The molecule has 0 aliphatic heterocycles. The zero-order valence-corrected chi connectivity index (χ0v) is 7.84. The van der Waals surface area contributed by atoms with Crippen LogP contribution in [0.25, 0.3) is 10.8 Å². The van der Waals surface area contributed by atoms with Crippen LogP contribution in [0.3, 0.4) is 0 Å². The third kappa shape index (κ3) is 1.60. The Bertz CT molecular complexity index is 530. The van der Waals surface area contributed by atoms with E-state index in [4.69, 9.17) is 0 Å². The van der Waals surface area contributed by atoms with E-state index in [1.165, 1.54) is 12.1 Å². The molecule has 0 bridgehead atoms. The van der Waals surface area contributed by atoms with Crippen LogP contribution in [0.1, 0.15) is 12.5 Å². The molecule has 0 nitrogen and oxygen atoms in total. The van der Waals surface area contributed by atoms with Gasteiger partial charge in [0.1, 0.15) is 5.82 Å². The van der Waals surface area contributed by atoms with Gasteiger partial charge in [0, 0.05) is 5.56 Å². The van der Waals surface area contributed by atoms with Gasteiger partial charge in [-0.1, -0.05) is 18.1 Å². The second-order valence-corrected chi connectivity index (χ2v) is 3.08. The predicted octanol–water partition coefficient (Wildman–Crippen LogP) is 3.35. The van der Waals surface area contributed by atoms with Crippen LogP contribution in [-0.4, -0.2) is 0 Å². The van der Waals surface area contributed by atoms with E-state index in [-0.39, 0.29) is 5.82 Å². The monoisotopic (exact) mass is 184 g/mol. The maximum absolute atomic E-state index is 12.9. The molecule has 0 N–H and O–H groups in total. The van der Waals surface area contributed by atoms with Crippen molar-refractivity contribution in [3.8, 4) is 11.8 Å². The molecule has 2 rings (SSSR count). The Balaban J connectivity index is 2.67. The van der Waals surface area contributed by atoms with Crippen LogP contribution in [0.5, 0.6) is 0 Å². The Morgan fingerprint density at radius 3 is 2.57 bits per heavy atom. The molecule has 2 aromatic rings. The highest BCUT2D eigenvalue weighted by Crippen LogP contribution is 2.16. The minimum absolute atomic E-state index is 0.209. The summed E-state index contributed by atoms with van der Waals surface area (Å²) in [5.41, 5.74) is 0.922. The van der Waals surface area contributed by atoms with Gasteiger partial charge in [-0.2, -0.15) is 0 Å². The van der Waals surface area contributed by atoms with Crippen molar-refractivity contribution in [1.82, 2.24) is 0 Å². The van der Waals surface area contributed by atoms with Crippen LogP contribution in [0.2, 0.25) is 0 Å². The van der Waals surface area contributed by atoms with E-state index in [2.05, 4.69) is 11.8 Å². The summed E-state index contributed by atoms with van der Waals surface area (Å²) in [4.78, 5) is 0. The third-order valence-electron chi connectivity index (χ3n) is 2.07. The highest BCUT2D eigenvalue weighted by molar-refractivity contribution is 5.83. The molecule has 0 saturated carbocycles. The summed E-state index contributed by atoms with van der Waals surface area (Å²) in [5.74, 6) is 5.56. The maximum atomic E-state index is 12.9. The van der Waals surface area contributed by atoms with Crippen molar-refractivity contribution in [1.29, 1.82) is 0 Å². The van der Waals surface area contributed by atoms with Gasteiger partial charge in [-0.05, 0) is 42.0 Å². The van der Waals surface area contributed by atoms with E-state index in [0.29, 0.717) is 0 Å². The maximum Gasteiger partial charge on any atom is 0.123 e. The molecule has 0 aliphatic carbocycles. The molecule has 0 aliphatic rings. The Kier molecular flexibility index (Phi) is 2.20. The minimum atomic E-state index is -0.209. The van der Waals surface area contributed by atoms with Gasteiger partial charge in [0.2, 0.25) is 0 Å². The summed E-state index contributed by atoms with van der Waals surface area (Å²) in [6, 6.07) is 10.6. The van der Waals surface area contributed by atoms with E-state index in [0.717, 1.165) is 16.3 Å². The van der Waals surface area contributed by atoms with Crippen LogP contribution >= 0.6 is 0 Å². The van der Waals surface area contributed by atoms with Crippen molar-refractivity contribution in [3.05, 3.63) is 47.8 Å². The lowest BCUT2D eigenvalue weighted by Gasteiger charge is -1.98. The average molecular weight is 184 g/mol. The smallest absolute Gasteiger partial charge is 0.123 e. The van der Waals surface area contributed by atoms with Crippen molar-refractivity contribution < 1.29 is 4.39 Å². The van der Waals surface area contributed by atoms with E-state index in [9.17, 15) is 4.39 Å². The molecule has 1 heteroatoms. The quantitative estimate of drug-likeness (QED) is 0.551. The molecule has 14 heavy (non-hydrogen) atoms. The van der Waals surface area contributed by atoms with Crippen LogP contribution < -0.4 is 0 Å². The molecular weight excluding hydrogens is 175 g/mol. The molecular formula is C13H9F. The number of rotatable bonds is 0. The molecule has 0 fully saturated rings. The first-order valence-electron chi connectivity index (χ1n) is 4.42. The van der Waals surface area contributed by atoms with E-state index < -0.39 is 0 Å². The lowest BCUT2D eigenvalue weighted by Crippen LogP contribution is -1.78. The third-order valence-corrected chi connectivity index (χ3v) is 2.07. The van der Waals surface area contributed by atoms with Gasteiger partial charge in [-0.25, -0.2) is 4.39 Å². The Morgan fingerprint density at radius 2 is 1.79 bits per heavy atom. The highest BCUT2D eigenvalue weighted by Gasteiger charge is 1.96. The van der Waals surface area contributed by atoms with Crippen molar-refractivity contribution in [2.24, 2.45) is 0 Å². The Morgan fingerprint density at radius 1 is 1.00 bits per heavy atom. The van der Waals surface area contributed by atoms with Gasteiger partial charge in [0.05, 0.1) is 0 Å². The first-order chi connectivity index (χ1) is 6.79. The summed E-state index contributed by atoms with van der Waals surface area (Å²) in [5, 5.41) is 1.93. The van der Waals surface area contributed by atoms with Crippen molar-refractivity contribution in [2.45, 2.75) is 6.92 Å². The van der Waals surface area contributed by atoms with Crippen molar-refractivity contribution in [2.75, 3.05) is 0 Å². The van der Waals surface area contributed by atoms with Gasteiger partial charge in [-0.3, -0.25) is 0 Å². The van der Waals surface area contributed by atoms with Gasteiger partial charge in [-0.15, -0.1) is 5.92 Å². The topological polar surface area (TPSA) is 0 Å². The average Bonchev–Trinajstić information content (AvgIpc) is 2.17. The summed E-state index contributed by atoms with van der Waals surface area (Å²) in [6.07, 6.45) is 0. The van der Waals surface area contributed by atoms with Gasteiger partial charge in [0.25, 0.3) is 0 Å². The fourth-order valence-corrected chi connectivity index (χ4v) is 1.44. The predicted molar refractivity (Wildman–Crippen MR) is 56.5 cm³/mol. The molecule has 0 heterocycles. The van der Waals surface area contributed by atoms with Crippen LogP contribution in [-0.2, 0) is 0 Å². The van der Waals surface area contributed by atoms with E-state index >= 15 is 0 Å². The molecule has 0 unspecified atom stereocenters. The molecule has 0 saturated heterocycles. The lowest BCUT2D eigenvalue weighted by molar-refractivity contribution is 0.630. The van der Waals surface area contributed by atoms with Crippen LogP contribution in [0.4, 0.5) is 4.39 Å². The molecule has 0 radical (unpaired) electrons. The minimum Gasteiger partial charge on any atom is -0.207 e. The van der Waals surface area contributed by atoms with Gasteiger partial charge < -0.3 is 0 Å². The normalized spacial score (nSPS) is 9.57. The standard InChI is InChI=1S/C13H9F/c1-2-3-10-4-5-11-6-7-13(14)9-12(11)8-10/h4-9H,1H3. The second kappa shape index (κ2) is 3.51. The zero-order chi connectivity index (χ0) is 9.97. The SMILES string of the molecule is CC#Cc1ccc2ccc(F)cc2c1. The fraction of sp³-hybridized carbons (Fsp3) is 0.0769. The zero-order valence-electron chi connectivity index (χ0n) is 7.84. The molecule has 0 spiro atoms. The van der Waals surface area contributed by atoms with Gasteiger partial charge in [0.15, 0.2) is 0 Å². The van der Waals surface area contributed by atoms with E-state index in [1.807, 2.05) is 18.2 Å². The highest BCUT2D eigenvalue weighted by atomic mass is 19.1. The largest absolute Gasteiger partial charge is 0.207 e. The number of halogens is 1. The molecule has 2 aromatic carbocycles. The van der Waals surface area contributed by atoms with E-state index in [1.54, 1.807) is 13.0 Å². The van der Waals surface area contributed by atoms with Crippen molar-refractivity contribution >= 4 is 10.8 Å². The lowest BCUT2D eigenvalue weighted by atomic mass is 10.1. The Labute approximate surface area is 82.4 Å². The molecule has 0 aromatic heterocycles. The number of fused-ring (bicyclic) bond motifs is 1. The fourth-order valence-electron chi connectivity index (χ4n) is 1.44. The first kappa shape index (κ1) is 8.77. The summed E-state index contributed by atoms with van der Waals surface area (Å²) >= 11 is 0. The van der Waals surface area contributed by atoms with Gasteiger partial charge >= 0.3 is 0 Å². The summed E-state index contributed by atoms with van der Waals surface area (Å²) < 4.78 is 12.9. The van der Waals surface area contributed by atoms with Crippen LogP contribution in [0.15, 0.2) is 36.4 Å². The molecule has 0 atom stereocenters. The number of hydrogen-bond acceptors (Lipinski definition) is 0. The summed E-state index contributed by atoms with van der Waals surface area (Å²) in [7, 11) is 0. The number of hydrogen-bond donors (Lipinski definition) is 0. The molecule has 68 valence electrons. The van der Waals surface area contributed by atoms with Crippen molar-refractivity contribution in [3.63, 3.8) is 0 Å². The first-order valence-corrected chi connectivity index (χ1v) is 4.42. The summed E-state index contributed by atoms with van der Waals surface area (Å²) in [6.45, 7) is 1.79. The van der Waals surface area contributed by atoms with Crippen LogP contribution in [0, 0.1) is 17.7 Å². The number of benzene rings is 2. The second-order valence-electron chi connectivity index (χ2n) is 3.08.